The molecule has 0 aliphatic heterocycles. The van der Waals surface area contributed by atoms with Crippen LogP contribution in [0.2, 0.25) is 0 Å². The van der Waals surface area contributed by atoms with Crippen molar-refractivity contribution in [3.63, 3.8) is 0 Å². The van der Waals surface area contributed by atoms with Gasteiger partial charge in [-0.05, 0) is 49.2 Å². The van der Waals surface area contributed by atoms with Gasteiger partial charge in [0.05, 0.1) is 42.7 Å². The standard InChI is InChI=1S/2C10H14O3/c2*1-7-5-8(11-2)10(13-4)9(6-7)12-3/h2*5-6H,1-4H3. The third-order valence-electron chi connectivity index (χ3n) is 3.62. The topological polar surface area (TPSA) is 55.4 Å². The van der Waals surface area contributed by atoms with Crippen molar-refractivity contribution >= 4 is 0 Å². The highest BCUT2D eigenvalue weighted by molar-refractivity contribution is 5.54. The largest absolute Gasteiger partial charge is 0.493 e. The van der Waals surface area contributed by atoms with E-state index < -0.39 is 0 Å². The number of benzene rings is 2. The second-order valence-corrected chi connectivity index (χ2v) is 5.41. The molecule has 0 amide bonds. The Morgan fingerprint density at radius 1 is 0.423 bits per heavy atom. The van der Waals surface area contributed by atoms with Gasteiger partial charge in [0.2, 0.25) is 11.5 Å². The summed E-state index contributed by atoms with van der Waals surface area (Å²) in [5, 5.41) is 0. The average Bonchev–Trinajstić information content (AvgIpc) is 2.66. The van der Waals surface area contributed by atoms with Crippen molar-refractivity contribution in [3.05, 3.63) is 35.4 Å². The normalized spacial score (nSPS) is 9.54. The summed E-state index contributed by atoms with van der Waals surface area (Å²) in [4.78, 5) is 0. The molecule has 2 aromatic carbocycles. The number of methoxy groups -OCH3 is 6. The van der Waals surface area contributed by atoms with Gasteiger partial charge in [-0.2, -0.15) is 0 Å². The third kappa shape index (κ3) is 5.12. The van der Waals surface area contributed by atoms with Gasteiger partial charge in [-0.1, -0.05) is 0 Å². The molecule has 0 fully saturated rings. The fourth-order valence-electron chi connectivity index (χ4n) is 2.42. The molecule has 0 spiro atoms. The summed E-state index contributed by atoms with van der Waals surface area (Å²) in [6.07, 6.45) is 0. The molecule has 0 aliphatic rings. The molecule has 0 atom stereocenters. The van der Waals surface area contributed by atoms with E-state index in [2.05, 4.69) is 0 Å². The highest BCUT2D eigenvalue weighted by Crippen LogP contribution is 2.38. The Morgan fingerprint density at radius 3 is 0.808 bits per heavy atom. The van der Waals surface area contributed by atoms with Crippen LogP contribution in [0.15, 0.2) is 24.3 Å². The van der Waals surface area contributed by atoms with Gasteiger partial charge >= 0.3 is 0 Å². The van der Waals surface area contributed by atoms with E-state index in [0.29, 0.717) is 34.5 Å². The molecule has 0 saturated heterocycles. The zero-order valence-corrected chi connectivity index (χ0v) is 16.8. The molecule has 2 rings (SSSR count). The summed E-state index contributed by atoms with van der Waals surface area (Å²) in [7, 11) is 9.62. The lowest BCUT2D eigenvalue weighted by Gasteiger charge is -2.12. The summed E-state index contributed by atoms with van der Waals surface area (Å²) in [5.41, 5.74) is 2.16. The van der Waals surface area contributed by atoms with Crippen LogP contribution in [0, 0.1) is 13.8 Å². The summed E-state index contributed by atoms with van der Waals surface area (Å²) < 4.78 is 30.9. The minimum atomic E-state index is 0.635. The average molecular weight is 364 g/mol. The van der Waals surface area contributed by atoms with E-state index in [1.807, 2.05) is 38.1 Å². The molecule has 0 aromatic heterocycles. The molecule has 26 heavy (non-hydrogen) atoms. The fourth-order valence-corrected chi connectivity index (χ4v) is 2.42. The van der Waals surface area contributed by atoms with E-state index in [1.165, 1.54) is 0 Å². The Labute approximate surface area is 155 Å². The molecule has 0 saturated carbocycles. The van der Waals surface area contributed by atoms with Crippen LogP contribution in [0.5, 0.6) is 34.5 Å². The van der Waals surface area contributed by atoms with Crippen molar-refractivity contribution in [2.24, 2.45) is 0 Å². The lowest BCUT2D eigenvalue weighted by atomic mass is 10.2. The van der Waals surface area contributed by atoms with Gasteiger partial charge in [-0.3, -0.25) is 0 Å². The van der Waals surface area contributed by atoms with Crippen LogP contribution in [0.1, 0.15) is 11.1 Å². The highest BCUT2D eigenvalue weighted by atomic mass is 16.5. The smallest absolute Gasteiger partial charge is 0.203 e. The summed E-state index contributed by atoms with van der Waals surface area (Å²) in [5.74, 6) is 4.04. The van der Waals surface area contributed by atoms with E-state index in [0.717, 1.165) is 11.1 Å². The summed E-state index contributed by atoms with van der Waals surface area (Å²) in [6.45, 7) is 3.95. The molecular formula is C20H28O6. The van der Waals surface area contributed by atoms with E-state index in [1.54, 1.807) is 42.7 Å². The van der Waals surface area contributed by atoms with Crippen LogP contribution in [0.25, 0.3) is 0 Å². The first-order valence-corrected chi connectivity index (χ1v) is 7.98. The second-order valence-electron chi connectivity index (χ2n) is 5.41. The van der Waals surface area contributed by atoms with Crippen LogP contribution in [0.4, 0.5) is 0 Å². The fraction of sp³-hybridized carbons (Fsp3) is 0.400. The van der Waals surface area contributed by atoms with E-state index >= 15 is 0 Å². The maximum atomic E-state index is 5.16. The number of ether oxygens (including phenoxy) is 6. The van der Waals surface area contributed by atoms with Gasteiger partial charge in [0, 0.05) is 0 Å². The summed E-state index contributed by atoms with van der Waals surface area (Å²) in [6, 6.07) is 7.62. The number of hydrogen-bond acceptors (Lipinski definition) is 6. The minimum absolute atomic E-state index is 0.635. The van der Waals surface area contributed by atoms with Crippen molar-refractivity contribution in [1.82, 2.24) is 0 Å². The van der Waals surface area contributed by atoms with Crippen LogP contribution in [0.3, 0.4) is 0 Å². The van der Waals surface area contributed by atoms with Crippen molar-refractivity contribution in [1.29, 1.82) is 0 Å². The van der Waals surface area contributed by atoms with E-state index in [9.17, 15) is 0 Å². The molecule has 2 aromatic rings. The van der Waals surface area contributed by atoms with Gasteiger partial charge < -0.3 is 28.4 Å². The molecule has 6 heteroatoms. The Hall–Kier alpha value is -2.76. The molecule has 144 valence electrons. The predicted octanol–water partition coefficient (Wildman–Crippen LogP) is 4.04. The lowest BCUT2D eigenvalue weighted by Crippen LogP contribution is -1.95. The molecule has 0 aliphatic carbocycles. The minimum Gasteiger partial charge on any atom is -0.493 e. The molecular weight excluding hydrogens is 336 g/mol. The molecule has 0 unspecified atom stereocenters. The summed E-state index contributed by atoms with van der Waals surface area (Å²) >= 11 is 0. The lowest BCUT2D eigenvalue weighted by molar-refractivity contribution is 0.324. The van der Waals surface area contributed by atoms with Crippen LogP contribution in [-0.2, 0) is 0 Å². The first kappa shape index (κ1) is 21.3. The monoisotopic (exact) mass is 364 g/mol. The highest BCUT2D eigenvalue weighted by Gasteiger charge is 2.11. The quantitative estimate of drug-likeness (QED) is 0.771. The van der Waals surface area contributed by atoms with Crippen LogP contribution >= 0.6 is 0 Å². The Kier molecular flexibility index (Phi) is 8.42. The Balaban J connectivity index is 0.000000260. The maximum absolute atomic E-state index is 5.16. The van der Waals surface area contributed by atoms with Crippen molar-refractivity contribution in [2.45, 2.75) is 13.8 Å². The van der Waals surface area contributed by atoms with Crippen LogP contribution in [-0.4, -0.2) is 42.7 Å². The van der Waals surface area contributed by atoms with Crippen molar-refractivity contribution in [2.75, 3.05) is 42.7 Å². The molecule has 0 N–H and O–H groups in total. The van der Waals surface area contributed by atoms with Gasteiger partial charge in [0.1, 0.15) is 0 Å². The maximum Gasteiger partial charge on any atom is 0.203 e. The van der Waals surface area contributed by atoms with Crippen molar-refractivity contribution < 1.29 is 28.4 Å². The third-order valence-corrected chi connectivity index (χ3v) is 3.62. The molecule has 0 heterocycles. The van der Waals surface area contributed by atoms with Gasteiger partial charge in [-0.15, -0.1) is 0 Å². The second kappa shape index (κ2) is 10.3. The Bertz CT molecular complexity index is 600. The van der Waals surface area contributed by atoms with Gasteiger partial charge in [0.25, 0.3) is 0 Å². The van der Waals surface area contributed by atoms with Crippen molar-refractivity contribution in [3.8, 4) is 34.5 Å². The van der Waals surface area contributed by atoms with Gasteiger partial charge in [-0.25, -0.2) is 0 Å². The van der Waals surface area contributed by atoms with Crippen LogP contribution < -0.4 is 28.4 Å². The molecule has 0 bridgehead atoms. The molecule has 0 radical (unpaired) electrons. The predicted molar refractivity (Wildman–Crippen MR) is 102 cm³/mol. The van der Waals surface area contributed by atoms with E-state index in [-0.39, 0.29) is 0 Å². The zero-order chi connectivity index (χ0) is 19.7. The number of hydrogen-bond donors (Lipinski definition) is 0. The first-order chi connectivity index (χ1) is 12.4. The Morgan fingerprint density at radius 2 is 0.654 bits per heavy atom. The molecule has 6 nitrogen and oxygen atoms in total. The van der Waals surface area contributed by atoms with Gasteiger partial charge in [0.15, 0.2) is 23.0 Å². The number of aryl methyl sites for hydroxylation is 2. The first-order valence-electron chi connectivity index (χ1n) is 7.98. The zero-order valence-electron chi connectivity index (χ0n) is 16.8. The SMILES string of the molecule is COc1cc(C)cc(OC)c1OC.COc1cc(C)cc(OC)c1OC. The van der Waals surface area contributed by atoms with E-state index in [4.69, 9.17) is 28.4 Å². The number of rotatable bonds is 6.